The first-order valence-corrected chi connectivity index (χ1v) is 9.97. The largest absolute Gasteiger partial charge is 0.491 e. The summed E-state index contributed by atoms with van der Waals surface area (Å²) in [6, 6.07) is 5.24. The fourth-order valence-corrected chi connectivity index (χ4v) is 2.75. The van der Waals surface area contributed by atoms with Crippen LogP contribution in [0.5, 0.6) is 5.75 Å². The minimum atomic E-state index is -0.345. The highest BCUT2D eigenvalue weighted by Gasteiger charge is 2.25. The third-order valence-corrected chi connectivity index (χ3v) is 4.48. The van der Waals surface area contributed by atoms with Crippen LogP contribution in [-0.2, 0) is 0 Å². The van der Waals surface area contributed by atoms with E-state index in [1.807, 2.05) is 6.92 Å². The maximum atomic E-state index is 12.3. The van der Waals surface area contributed by atoms with Crippen molar-refractivity contribution < 1.29 is 18.7 Å². The molecule has 0 spiro atoms. The van der Waals surface area contributed by atoms with Gasteiger partial charge in [-0.3, -0.25) is 14.0 Å². The quantitative estimate of drug-likeness (QED) is 0.562. The van der Waals surface area contributed by atoms with Gasteiger partial charge in [0, 0.05) is 18.2 Å². The van der Waals surface area contributed by atoms with Crippen LogP contribution in [0.15, 0.2) is 24.4 Å². The van der Waals surface area contributed by atoms with E-state index in [1.165, 1.54) is 10.9 Å². The highest BCUT2D eigenvalue weighted by atomic mass is 19.1. The molecule has 1 aromatic heterocycles. The Morgan fingerprint density at radius 1 is 1.24 bits per heavy atom. The van der Waals surface area contributed by atoms with E-state index in [4.69, 9.17) is 4.74 Å². The standard InChI is InChI=1S/C20H26FN5O3/c1-2-22-19(27)14-6-9-17(18(12-14)29-11-5-3-4-10-21)26-13-16(24-25-26)20(28)23-15-7-8-15/h6,9,12-13,15H,2-5,7-8,10-11H2,1H3,(H,22,27)(H,23,28). The summed E-state index contributed by atoms with van der Waals surface area (Å²) < 4.78 is 19.6. The zero-order valence-electron chi connectivity index (χ0n) is 16.5. The second-order valence-electron chi connectivity index (χ2n) is 6.94. The number of ether oxygens (including phenoxy) is 1. The SMILES string of the molecule is CCNC(=O)c1ccc(-n2cc(C(=O)NC3CC3)nn2)c(OCCCCCF)c1. The number of nitrogens with zero attached hydrogens (tertiary/aromatic N) is 3. The van der Waals surface area contributed by atoms with Gasteiger partial charge < -0.3 is 15.4 Å². The number of unbranched alkanes of at least 4 members (excludes halogenated alkanes) is 2. The number of rotatable bonds is 11. The number of carbonyl (C=O) groups excluding carboxylic acids is 2. The first kappa shape index (κ1) is 20.8. The third-order valence-electron chi connectivity index (χ3n) is 4.48. The topological polar surface area (TPSA) is 98.1 Å². The summed E-state index contributed by atoms with van der Waals surface area (Å²) in [6.45, 7) is 2.40. The summed E-state index contributed by atoms with van der Waals surface area (Å²) in [5.74, 6) is -0.0103. The van der Waals surface area contributed by atoms with Gasteiger partial charge in [0.05, 0.1) is 19.5 Å². The average molecular weight is 403 g/mol. The highest BCUT2D eigenvalue weighted by Crippen LogP contribution is 2.25. The van der Waals surface area contributed by atoms with Gasteiger partial charge in [0.1, 0.15) is 11.4 Å². The van der Waals surface area contributed by atoms with Gasteiger partial charge in [-0.15, -0.1) is 5.10 Å². The summed E-state index contributed by atoms with van der Waals surface area (Å²) in [5, 5.41) is 13.6. The fourth-order valence-electron chi connectivity index (χ4n) is 2.75. The van der Waals surface area contributed by atoms with Crippen molar-refractivity contribution >= 4 is 11.8 Å². The van der Waals surface area contributed by atoms with Gasteiger partial charge in [0.2, 0.25) is 0 Å². The summed E-state index contributed by atoms with van der Waals surface area (Å²) in [5.41, 5.74) is 1.25. The Hall–Kier alpha value is -2.97. The molecule has 2 N–H and O–H groups in total. The number of amides is 2. The van der Waals surface area contributed by atoms with Gasteiger partial charge in [-0.05, 0) is 57.2 Å². The number of carbonyl (C=O) groups is 2. The molecule has 3 rings (SSSR count). The third kappa shape index (κ3) is 5.75. The Morgan fingerprint density at radius 2 is 2.07 bits per heavy atom. The molecule has 2 amide bonds. The molecule has 156 valence electrons. The second-order valence-corrected chi connectivity index (χ2v) is 6.94. The number of aromatic nitrogens is 3. The molecule has 1 aromatic carbocycles. The molecule has 1 aliphatic carbocycles. The van der Waals surface area contributed by atoms with Gasteiger partial charge in [0.25, 0.3) is 11.8 Å². The molecule has 0 atom stereocenters. The summed E-state index contributed by atoms with van der Waals surface area (Å²) >= 11 is 0. The van der Waals surface area contributed by atoms with Crippen molar-refractivity contribution in [3.63, 3.8) is 0 Å². The molecular formula is C20H26FN5O3. The molecule has 0 saturated heterocycles. The lowest BCUT2D eigenvalue weighted by atomic mass is 10.1. The Balaban J connectivity index is 1.78. The highest BCUT2D eigenvalue weighted by molar-refractivity contribution is 5.95. The molecule has 8 nitrogen and oxygen atoms in total. The molecule has 1 aliphatic rings. The lowest BCUT2D eigenvalue weighted by molar-refractivity contribution is 0.0941. The van der Waals surface area contributed by atoms with Crippen LogP contribution in [0, 0.1) is 0 Å². The smallest absolute Gasteiger partial charge is 0.273 e. The number of halogens is 1. The number of hydrogen-bond acceptors (Lipinski definition) is 5. The van der Waals surface area contributed by atoms with Crippen molar-refractivity contribution in [2.24, 2.45) is 0 Å². The van der Waals surface area contributed by atoms with E-state index in [9.17, 15) is 14.0 Å². The Bertz CT molecular complexity index is 850. The van der Waals surface area contributed by atoms with Gasteiger partial charge in [-0.1, -0.05) is 5.21 Å². The molecule has 1 heterocycles. The molecule has 2 aromatic rings. The minimum Gasteiger partial charge on any atom is -0.491 e. The van der Waals surface area contributed by atoms with Crippen LogP contribution in [0.1, 0.15) is 59.9 Å². The number of nitrogens with one attached hydrogen (secondary N) is 2. The van der Waals surface area contributed by atoms with Gasteiger partial charge >= 0.3 is 0 Å². The van der Waals surface area contributed by atoms with Crippen molar-refractivity contribution in [3.05, 3.63) is 35.7 Å². The van der Waals surface area contributed by atoms with Crippen molar-refractivity contribution in [2.75, 3.05) is 19.8 Å². The number of hydrogen-bond donors (Lipinski definition) is 2. The van der Waals surface area contributed by atoms with Crippen molar-refractivity contribution in [1.82, 2.24) is 25.6 Å². The first-order valence-electron chi connectivity index (χ1n) is 9.97. The van der Waals surface area contributed by atoms with Crippen LogP contribution >= 0.6 is 0 Å². The fraction of sp³-hybridized carbons (Fsp3) is 0.500. The summed E-state index contributed by atoms with van der Waals surface area (Å²) in [4.78, 5) is 24.3. The van der Waals surface area contributed by atoms with Crippen LogP contribution in [-0.4, -0.2) is 52.7 Å². The predicted molar refractivity (Wildman–Crippen MR) is 105 cm³/mol. The minimum absolute atomic E-state index is 0.204. The van der Waals surface area contributed by atoms with Gasteiger partial charge in [0.15, 0.2) is 5.69 Å². The molecule has 1 saturated carbocycles. The molecule has 1 fully saturated rings. The van der Waals surface area contributed by atoms with E-state index >= 15 is 0 Å². The zero-order chi connectivity index (χ0) is 20.6. The van der Waals surface area contributed by atoms with E-state index in [2.05, 4.69) is 20.9 Å². The van der Waals surface area contributed by atoms with E-state index in [0.29, 0.717) is 43.0 Å². The Labute approximate surface area is 168 Å². The van der Waals surface area contributed by atoms with Crippen LogP contribution in [0.3, 0.4) is 0 Å². The van der Waals surface area contributed by atoms with E-state index in [0.717, 1.165) is 19.3 Å². The Morgan fingerprint density at radius 3 is 2.79 bits per heavy atom. The molecule has 0 unspecified atom stereocenters. The Kier molecular flexibility index (Phi) is 7.15. The van der Waals surface area contributed by atoms with Crippen LogP contribution in [0.25, 0.3) is 5.69 Å². The van der Waals surface area contributed by atoms with Crippen molar-refractivity contribution in [3.8, 4) is 11.4 Å². The van der Waals surface area contributed by atoms with Gasteiger partial charge in [-0.25, -0.2) is 4.68 Å². The van der Waals surface area contributed by atoms with Crippen LogP contribution < -0.4 is 15.4 Å². The average Bonchev–Trinajstić information content (AvgIpc) is 3.39. The maximum absolute atomic E-state index is 12.3. The molecule has 0 bridgehead atoms. The molecule has 0 radical (unpaired) electrons. The van der Waals surface area contributed by atoms with Crippen molar-refractivity contribution in [2.45, 2.75) is 45.1 Å². The van der Waals surface area contributed by atoms with Gasteiger partial charge in [-0.2, -0.15) is 0 Å². The van der Waals surface area contributed by atoms with Crippen molar-refractivity contribution in [1.29, 1.82) is 0 Å². The zero-order valence-corrected chi connectivity index (χ0v) is 16.5. The molecule has 0 aliphatic heterocycles. The van der Waals surface area contributed by atoms with E-state index in [-0.39, 0.29) is 30.2 Å². The first-order chi connectivity index (χ1) is 14.1. The van der Waals surface area contributed by atoms with E-state index in [1.54, 1.807) is 18.2 Å². The maximum Gasteiger partial charge on any atom is 0.273 e. The lowest BCUT2D eigenvalue weighted by Gasteiger charge is -2.13. The van der Waals surface area contributed by atoms with E-state index < -0.39 is 0 Å². The monoisotopic (exact) mass is 403 g/mol. The summed E-state index contributed by atoms with van der Waals surface area (Å²) in [7, 11) is 0. The molecule has 29 heavy (non-hydrogen) atoms. The number of alkyl halides is 1. The number of benzene rings is 1. The second kappa shape index (κ2) is 9.99. The normalized spacial score (nSPS) is 13.2. The lowest BCUT2D eigenvalue weighted by Crippen LogP contribution is -2.25. The van der Waals surface area contributed by atoms with Crippen LogP contribution in [0.4, 0.5) is 4.39 Å². The molecule has 9 heteroatoms. The predicted octanol–water partition coefficient (Wildman–Crippen LogP) is 2.43. The van der Waals surface area contributed by atoms with Crippen LogP contribution in [0.2, 0.25) is 0 Å². The molecular weight excluding hydrogens is 377 g/mol. The summed E-state index contributed by atoms with van der Waals surface area (Å²) in [6.07, 6.45) is 5.42.